The fraction of sp³-hybridized carbons (Fsp3) is 0.538. The summed E-state index contributed by atoms with van der Waals surface area (Å²) >= 11 is 0. The molecule has 1 N–H and O–H groups in total. The van der Waals surface area contributed by atoms with E-state index in [1.807, 2.05) is 12.2 Å². The van der Waals surface area contributed by atoms with Gasteiger partial charge in [-0.3, -0.25) is 0 Å². The highest BCUT2D eigenvalue weighted by Gasteiger charge is 2.12. The average molecular weight is 191 g/mol. The third kappa shape index (κ3) is 3.93. The molecule has 0 saturated carbocycles. The number of hydrogen-bond acceptors (Lipinski definition) is 1. The van der Waals surface area contributed by atoms with Gasteiger partial charge in [0, 0.05) is 0 Å². The van der Waals surface area contributed by atoms with Crippen LogP contribution in [-0.2, 0) is 0 Å². The van der Waals surface area contributed by atoms with Gasteiger partial charge in [-0.2, -0.15) is 0 Å². The van der Waals surface area contributed by atoms with Crippen molar-refractivity contribution >= 4 is 0 Å². The van der Waals surface area contributed by atoms with Crippen LogP contribution in [0, 0.1) is 5.92 Å². The van der Waals surface area contributed by atoms with E-state index in [-0.39, 0.29) is 0 Å². The third-order valence-corrected chi connectivity index (χ3v) is 2.80. The molecule has 0 spiro atoms. The maximum Gasteiger partial charge on any atom is -0.00462 e. The molecule has 1 aliphatic heterocycles. The van der Waals surface area contributed by atoms with E-state index >= 15 is 0 Å². The summed E-state index contributed by atoms with van der Waals surface area (Å²) in [6, 6.07) is 0. The van der Waals surface area contributed by atoms with Gasteiger partial charge in [0.1, 0.15) is 0 Å². The standard InChI is InChI=1S/C13H21N/c1-3-5-6-12(4-2)11-13-7-9-14-10-8-13/h3-6,13-14H,1,7-11H2,2H3/b6-5-,12-4+. The van der Waals surface area contributed by atoms with E-state index in [4.69, 9.17) is 0 Å². The van der Waals surface area contributed by atoms with Gasteiger partial charge < -0.3 is 5.32 Å². The molecule has 0 amide bonds. The molecule has 1 rings (SSSR count). The summed E-state index contributed by atoms with van der Waals surface area (Å²) in [7, 11) is 0. The summed E-state index contributed by atoms with van der Waals surface area (Å²) in [6.07, 6.45) is 12.1. The fourth-order valence-corrected chi connectivity index (χ4v) is 1.89. The Labute approximate surface area is 87.6 Å². The van der Waals surface area contributed by atoms with Crippen molar-refractivity contribution in [2.75, 3.05) is 13.1 Å². The molecule has 1 heterocycles. The Bertz CT molecular complexity index is 219. The zero-order valence-corrected chi connectivity index (χ0v) is 9.13. The summed E-state index contributed by atoms with van der Waals surface area (Å²) < 4.78 is 0. The second-order valence-corrected chi connectivity index (χ2v) is 3.86. The molecule has 0 aromatic rings. The number of nitrogens with one attached hydrogen (secondary N) is 1. The van der Waals surface area contributed by atoms with Crippen LogP contribution >= 0.6 is 0 Å². The number of rotatable bonds is 4. The molecule has 1 fully saturated rings. The zero-order valence-electron chi connectivity index (χ0n) is 9.13. The highest BCUT2D eigenvalue weighted by Crippen LogP contribution is 2.21. The topological polar surface area (TPSA) is 12.0 Å². The number of allylic oxidation sites excluding steroid dienone is 5. The smallest absolute Gasteiger partial charge is 0.00462 e. The van der Waals surface area contributed by atoms with Crippen LogP contribution in [-0.4, -0.2) is 13.1 Å². The van der Waals surface area contributed by atoms with E-state index in [9.17, 15) is 0 Å². The van der Waals surface area contributed by atoms with Gasteiger partial charge in [0.2, 0.25) is 0 Å². The lowest BCUT2D eigenvalue weighted by molar-refractivity contribution is 0.373. The first-order valence-electron chi connectivity index (χ1n) is 5.52. The van der Waals surface area contributed by atoms with E-state index in [1.165, 1.54) is 37.9 Å². The van der Waals surface area contributed by atoms with Crippen LogP contribution in [0.1, 0.15) is 26.2 Å². The summed E-state index contributed by atoms with van der Waals surface area (Å²) in [5.74, 6) is 0.872. The molecule has 0 radical (unpaired) electrons. The van der Waals surface area contributed by atoms with Crippen molar-refractivity contribution in [1.29, 1.82) is 0 Å². The van der Waals surface area contributed by atoms with E-state index in [1.54, 1.807) is 0 Å². The fourth-order valence-electron chi connectivity index (χ4n) is 1.89. The van der Waals surface area contributed by atoms with E-state index < -0.39 is 0 Å². The van der Waals surface area contributed by atoms with E-state index in [0.717, 1.165) is 5.92 Å². The van der Waals surface area contributed by atoms with Crippen LogP contribution in [0.15, 0.2) is 36.5 Å². The van der Waals surface area contributed by atoms with Gasteiger partial charge in [0.25, 0.3) is 0 Å². The molecular formula is C13H21N. The molecule has 1 aliphatic rings. The molecule has 0 atom stereocenters. The van der Waals surface area contributed by atoms with E-state index in [2.05, 4.69) is 31.0 Å². The van der Waals surface area contributed by atoms with Crippen molar-refractivity contribution in [1.82, 2.24) is 5.32 Å². The quantitative estimate of drug-likeness (QED) is 0.673. The monoisotopic (exact) mass is 191 g/mol. The van der Waals surface area contributed by atoms with Gasteiger partial charge in [0.05, 0.1) is 0 Å². The van der Waals surface area contributed by atoms with Crippen LogP contribution < -0.4 is 5.32 Å². The molecule has 1 saturated heterocycles. The van der Waals surface area contributed by atoms with Crippen molar-refractivity contribution < 1.29 is 0 Å². The van der Waals surface area contributed by atoms with Crippen molar-refractivity contribution in [3.05, 3.63) is 36.5 Å². The minimum absolute atomic E-state index is 0.872. The molecule has 1 heteroatoms. The highest BCUT2D eigenvalue weighted by atomic mass is 14.9. The van der Waals surface area contributed by atoms with Gasteiger partial charge in [-0.05, 0) is 45.2 Å². The maximum atomic E-state index is 3.69. The Morgan fingerprint density at radius 2 is 2.14 bits per heavy atom. The van der Waals surface area contributed by atoms with Gasteiger partial charge in [-0.1, -0.05) is 36.5 Å². The predicted octanol–water partition coefficient (Wildman–Crippen LogP) is 3.06. The lowest BCUT2D eigenvalue weighted by atomic mass is 9.90. The Balaban J connectivity index is 2.39. The van der Waals surface area contributed by atoms with Crippen LogP contribution in [0.2, 0.25) is 0 Å². The first-order chi connectivity index (χ1) is 6.86. The Morgan fingerprint density at radius 1 is 1.43 bits per heavy atom. The molecule has 14 heavy (non-hydrogen) atoms. The lowest BCUT2D eigenvalue weighted by Crippen LogP contribution is -2.27. The van der Waals surface area contributed by atoms with Crippen molar-refractivity contribution in [3.8, 4) is 0 Å². The second kappa shape index (κ2) is 6.61. The van der Waals surface area contributed by atoms with Crippen LogP contribution in [0.3, 0.4) is 0 Å². The molecular weight excluding hydrogens is 170 g/mol. The van der Waals surface area contributed by atoms with Gasteiger partial charge in [0.15, 0.2) is 0 Å². The number of piperidine rings is 1. The molecule has 1 nitrogen and oxygen atoms in total. The maximum absolute atomic E-state index is 3.69. The molecule has 0 aliphatic carbocycles. The van der Waals surface area contributed by atoms with Crippen LogP contribution in [0.25, 0.3) is 0 Å². The predicted molar refractivity (Wildman–Crippen MR) is 63.3 cm³/mol. The Hall–Kier alpha value is -0.820. The number of hydrogen-bond donors (Lipinski definition) is 1. The van der Waals surface area contributed by atoms with Crippen LogP contribution in [0.4, 0.5) is 0 Å². The largest absolute Gasteiger partial charge is 0.317 e. The molecule has 0 aromatic carbocycles. The Morgan fingerprint density at radius 3 is 2.71 bits per heavy atom. The molecule has 0 bridgehead atoms. The summed E-state index contributed by atoms with van der Waals surface area (Å²) in [4.78, 5) is 0. The first-order valence-corrected chi connectivity index (χ1v) is 5.52. The summed E-state index contributed by atoms with van der Waals surface area (Å²) in [6.45, 7) is 8.18. The lowest BCUT2D eigenvalue weighted by Gasteiger charge is -2.22. The zero-order chi connectivity index (χ0) is 10.2. The van der Waals surface area contributed by atoms with Gasteiger partial charge in [-0.25, -0.2) is 0 Å². The Kier molecular flexibility index (Phi) is 5.31. The van der Waals surface area contributed by atoms with Crippen molar-refractivity contribution in [3.63, 3.8) is 0 Å². The normalized spacial score (nSPS) is 20.2. The summed E-state index contributed by atoms with van der Waals surface area (Å²) in [5.41, 5.74) is 1.44. The van der Waals surface area contributed by atoms with Gasteiger partial charge in [-0.15, -0.1) is 0 Å². The minimum Gasteiger partial charge on any atom is -0.317 e. The third-order valence-electron chi connectivity index (χ3n) is 2.80. The second-order valence-electron chi connectivity index (χ2n) is 3.86. The molecule has 78 valence electrons. The molecule has 0 unspecified atom stereocenters. The average Bonchev–Trinajstić information content (AvgIpc) is 2.25. The SMILES string of the molecule is C=C/C=C\C(=C/C)CC1CCNCC1. The first kappa shape index (κ1) is 11.3. The minimum atomic E-state index is 0.872. The van der Waals surface area contributed by atoms with E-state index in [0.29, 0.717) is 0 Å². The van der Waals surface area contributed by atoms with Crippen molar-refractivity contribution in [2.45, 2.75) is 26.2 Å². The van der Waals surface area contributed by atoms with Gasteiger partial charge >= 0.3 is 0 Å². The molecule has 0 aromatic heterocycles. The highest BCUT2D eigenvalue weighted by molar-refractivity contribution is 5.21. The summed E-state index contributed by atoms with van der Waals surface area (Å²) in [5, 5.41) is 3.40. The van der Waals surface area contributed by atoms with Crippen LogP contribution in [0.5, 0.6) is 0 Å². The van der Waals surface area contributed by atoms with Crippen molar-refractivity contribution in [2.24, 2.45) is 5.92 Å².